The Hall–Kier alpha value is -1.37. The molecule has 26 heavy (non-hydrogen) atoms. The third kappa shape index (κ3) is 2.53. The van der Waals surface area contributed by atoms with E-state index < -0.39 is 10.3 Å². The first-order chi connectivity index (χ1) is 12.2. The van der Waals surface area contributed by atoms with Crippen molar-refractivity contribution in [1.29, 1.82) is 0 Å². The summed E-state index contributed by atoms with van der Waals surface area (Å²) in [5.41, 5.74) is 2.77. The Balaban J connectivity index is 1.74. The van der Waals surface area contributed by atoms with Gasteiger partial charge in [0.2, 0.25) is 0 Å². The molecule has 0 spiro atoms. The summed E-state index contributed by atoms with van der Waals surface area (Å²) in [5, 5.41) is 10.6. The number of rotatable bonds is 3. The molecule has 142 valence electrons. The number of hydrogen-bond acceptors (Lipinski definition) is 3. The fourth-order valence-corrected chi connectivity index (χ4v) is 6.74. The zero-order chi connectivity index (χ0) is 18.7. The predicted octanol–water partition coefficient (Wildman–Crippen LogP) is 3.67. The predicted molar refractivity (Wildman–Crippen MR) is 101 cm³/mol. The lowest BCUT2D eigenvalue weighted by Crippen LogP contribution is -2.50. The molecule has 0 amide bonds. The van der Waals surface area contributed by atoms with E-state index in [2.05, 4.69) is 24.3 Å². The van der Waals surface area contributed by atoms with Gasteiger partial charge in [-0.25, -0.2) is 0 Å². The van der Waals surface area contributed by atoms with E-state index in [9.17, 15) is 13.5 Å². The molecule has 0 heterocycles. The lowest BCUT2D eigenvalue weighted by atomic mass is 9.47. The Labute approximate surface area is 155 Å². The highest BCUT2D eigenvalue weighted by molar-refractivity contribution is 7.87. The normalized spacial score (nSPS) is 38.8. The van der Waals surface area contributed by atoms with Crippen LogP contribution in [-0.2, 0) is 16.7 Å². The van der Waals surface area contributed by atoms with Gasteiger partial charge in [-0.1, -0.05) is 19.1 Å². The summed E-state index contributed by atoms with van der Waals surface area (Å²) >= 11 is 0. The Kier molecular flexibility index (Phi) is 4.03. The van der Waals surface area contributed by atoms with Crippen LogP contribution in [0.1, 0.15) is 56.1 Å². The lowest BCUT2D eigenvalue weighted by molar-refractivity contribution is -0.0528. The van der Waals surface area contributed by atoms with E-state index in [0.29, 0.717) is 17.5 Å². The summed E-state index contributed by atoms with van der Waals surface area (Å²) in [4.78, 5) is 0. The first kappa shape index (κ1) is 18.0. The van der Waals surface area contributed by atoms with E-state index in [0.717, 1.165) is 44.1 Å². The van der Waals surface area contributed by atoms with Crippen LogP contribution in [0.15, 0.2) is 30.9 Å². The van der Waals surface area contributed by atoms with Gasteiger partial charge >= 0.3 is 10.3 Å². The Morgan fingerprint density at radius 1 is 1.27 bits per heavy atom. The molecular formula is C20H27NO4S. The van der Waals surface area contributed by atoms with E-state index >= 15 is 0 Å². The van der Waals surface area contributed by atoms with Gasteiger partial charge in [-0.15, -0.1) is 6.58 Å². The van der Waals surface area contributed by atoms with Crippen molar-refractivity contribution in [2.45, 2.75) is 57.5 Å². The number of allylic oxidation sites excluding steroid dienone is 1. The van der Waals surface area contributed by atoms with Crippen LogP contribution in [0, 0.1) is 16.7 Å². The number of aryl methyl sites for hydroxylation is 1. The molecule has 0 bridgehead atoms. The Bertz CT molecular complexity index is 851. The Morgan fingerprint density at radius 3 is 2.73 bits per heavy atom. The number of aliphatic hydroxyl groups excluding tert-OH is 1. The minimum atomic E-state index is -4.26. The highest BCUT2D eigenvalue weighted by atomic mass is 32.2. The van der Waals surface area contributed by atoms with Gasteiger partial charge in [0.25, 0.3) is 0 Å². The first-order valence-electron chi connectivity index (χ1n) is 9.39. The maximum atomic E-state index is 11.1. The largest absolute Gasteiger partial charge is 0.393 e. The quantitative estimate of drug-likeness (QED) is 0.554. The van der Waals surface area contributed by atoms with Gasteiger partial charge in [0.1, 0.15) is 0 Å². The summed E-state index contributed by atoms with van der Waals surface area (Å²) in [7, 11) is -4.26. The average molecular weight is 378 g/mol. The van der Waals surface area contributed by atoms with Gasteiger partial charge in [0, 0.05) is 0 Å². The molecule has 3 aliphatic carbocycles. The first-order valence-corrected chi connectivity index (χ1v) is 10.8. The molecule has 5 atom stereocenters. The van der Waals surface area contributed by atoms with Crippen LogP contribution < -0.4 is 4.72 Å². The monoisotopic (exact) mass is 377 g/mol. The van der Waals surface area contributed by atoms with Crippen LogP contribution in [0.3, 0.4) is 0 Å². The lowest BCUT2D eigenvalue weighted by Gasteiger charge is -2.57. The van der Waals surface area contributed by atoms with Crippen molar-refractivity contribution in [2.24, 2.45) is 16.7 Å². The maximum Gasteiger partial charge on any atom is 0.357 e. The Morgan fingerprint density at radius 2 is 2.04 bits per heavy atom. The van der Waals surface area contributed by atoms with Crippen molar-refractivity contribution in [3.8, 4) is 0 Å². The second-order valence-electron chi connectivity index (χ2n) is 8.55. The van der Waals surface area contributed by atoms with Crippen LogP contribution in [0.2, 0.25) is 0 Å². The number of aliphatic hydroxyl groups is 1. The number of anilines is 1. The fourth-order valence-electron chi connectivity index (χ4n) is 6.31. The molecule has 0 aromatic heterocycles. The third-order valence-corrected chi connectivity index (χ3v) is 8.02. The molecule has 4 rings (SSSR count). The highest BCUT2D eigenvalue weighted by Gasteiger charge is 2.60. The third-order valence-electron chi connectivity index (χ3n) is 7.53. The molecule has 5 nitrogen and oxygen atoms in total. The summed E-state index contributed by atoms with van der Waals surface area (Å²) in [5.74, 6) is 0.789. The maximum absolute atomic E-state index is 11.1. The minimum absolute atomic E-state index is 0.00448. The second kappa shape index (κ2) is 5.81. The molecule has 2 saturated carbocycles. The number of benzene rings is 1. The highest BCUT2D eigenvalue weighted by Crippen LogP contribution is 2.67. The van der Waals surface area contributed by atoms with E-state index in [4.69, 9.17) is 4.55 Å². The molecule has 2 fully saturated rings. The summed E-state index contributed by atoms with van der Waals surface area (Å²) in [6.45, 7) is 6.45. The van der Waals surface area contributed by atoms with Crippen LogP contribution in [0.5, 0.6) is 0 Å². The van der Waals surface area contributed by atoms with Crippen LogP contribution in [0.25, 0.3) is 0 Å². The average Bonchev–Trinajstić information content (AvgIpc) is 2.88. The molecule has 1 aromatic carbocycles. The summed E-state index contributed by atoms with van der Waals surface area (Å²) < 4.78 is 33.4. The molecule has 3 aliphatic rings. The van der Waals surface area contributed by atoms with Crippen LogP contribution >= 0.6 is 0 Å². The van der Waals surface area contributed by atoms with Gasteiger partial charge in [-0.05, 0) is 84.5 Å². The standard InChI is InChI=1S/C20H27NO4S/c1-3-20-11-8-13-12-14(21-26(23,24)25)4-5-15(13)16(20)9-10-19(2)17(20)6-7-18(19)22/h3-5,12,16-18,21-22H,1,6-11H2,2H3,(H,23,24,25)/t16?,17?,18-,19-,20+/m0/s1. The number of fused-ring (bicyclic) bond motifs is 5. The van der Waals surface area contributed by atoms with Crippen molar-refractivity contribution in [1.82, 2.24) is 0 Å². The number of nitrogens with one attached hydrogen (secondary N) is 1. The summed E-state index contributed by atoms with van der Waals surface area (Å²) in [6, 6.07) is 5.56. The fraction of sp³-hybridized carbons (Fsp3) is 0.600. The topological polar surface area (TPSA) is 86.6 Å². The van der Waals surface area contributed by atoms with Crippen molar-refractivity contribution < 1.29 is 18.1 Å². The van der Waals surface area contributed by atoms with E-state index in [1.54, 1.807) is 6.07 Å². The van der Waals surface area contributed by atoms with Gasteiger partial charge in [-0.3, -0.25) is 9.27 Å². The van der Waals surface area contributed by atoms with Gasteiger partial charge in [0.05, 0.1) is 11.8 Å². The number of hydrogen-bond donors (Lipinski definition) is 3. The van der Waals surface area contributed by atoms with Crippen molar-refractivity contribution in [2.75, 3.05) is 4.72 Å². The van der Waals surface area contributed by atoms with Crippen molar-refractivity contribution >= 4 is 16.0 Å². The van der Waals surface area contributed by atoms with Gasteiger partial charge in [0.15, 0.2) is 0 Å². The minimum Gasteiger partial charge on any atom is -0.393 e. The van der Waals surface area contributed by atoms with E-state index in [-0.39, 0.29) is 16.9 Å². The van der Waals surface area contributed by atoms with Gasteiger partial charge < -0.3 is 5.11 Å². The van der Waals surface area contributed by atoms with Crippen molar-refractivity contribution in [3.05, 3.63) is 42.0 Å². The molecule has 0 aliphatic heterocycles. The zero-order valence-electron chi connectivity index (χ0n) is 15.1. The molecular weight excluding hydrogens is 350 g/mol. The van der Waals surface area contributed by atoms with E-state index in [1.807, 2.05) is 12.1 Å². The van der Waals surface area contributed by atoms with E-state index in [1.165, 1.54) is 5.56 Å². The SMILES string of the molecule is C=C[C@@]12CCc3cc(NS(=O)(=O)O)ccc3C1CC[C@@]1(C)C2CC[C@@H]1O. The molecule has 2 unspecified atom stereocenters. The molecule has 6 heteroatoms. The zero-order valence-corrected chi connectivity index (χ0v) is 15.9. The van der Waals surface area contributed by atoms with Crippen molar-refractivity contribution in [3.63, 3.8) is 0 Å². The summed E-state index contributed by atoms with van der Waals surface area (Å²) in [6.07, 6.45) is 7.65. The van der Waals surface area contributed by atoms with Crippen LogP contribution in [-0.4, -0.2) is 24.2 Å². The molecule has 0 radical (unpaired) electrons. The second-order valence-corrected chi connectivity index (χ2v) is 9.70. The smallest absolute Gasteiger partial charge is 0.357 e. The van der Waals surface area contributed by atoms with Gasteiger partial charge in [-0.2, -0.15) is 8.42 Å². The van der Waals surface area contributed by atoms with Crippen LogP contribution in [0.4, 0.5) is 5.69 Å². The molecule has 1 aromatic rings. The molecule has 3 N–H and O–H groups in total. The molecule has 0 saturated heterocycles.